The molecule has 144 valence electrons. The number of ether oxygens (including phenoxy) is 1. The minimum absolute atomic E-state index is 0.0734. The van der Waals surface area contributed by atoms with Crippen molar-refractivity contribution < 1.29 is 4.74 Å². The summed E-state index contributed by atoms with van der Waals surface area (Å²) in [6, 6.07) is 11.6. The number of hydrogen-bond donors (Lipinski definition) is 1. The van der Waals surface area contributed by atoms with Crippen molar-refractivity contribution in [1.29, 1.82) is 0 Å². The fourth-order valence-electron chi connectivity index (χ4n) is 3.41. The number of hydrogen-bond acceptors (Lipinski definition) is 6. The van der Waals surface area contributed by atoms with Crippen molar-refractivity contribution in [3.05, 3.63) is 76.2 Å². The van der Waals surface area contributed by atoms with E-state index in [0.717, 1.165) is 43.8 Å². The monoisotopic (exact) mass is 377 g/mol. The van der Waals surface area contributed by atoms with Gasteiger partial charge < -0.3 is 9.72 Å². The van der Waals surface area contributed by atoms with Crippen molar-refractivity contribution in [1.82, 2.24) is 24.8 Å². The molecule has 1 N–H and O–H groups in total. The molecule has 28 heavy (non-hydrogen) atoms. The average molecular weight is 377 g/mol. The van der Waals surface area contributed by atoms with E-state index in [-0.39, 0.29) is 11.7 Å². The van der Waals surface area contributed by atoms with Gasteiger partial charge >= 0.3 is 0 Å². The van der Waals surface area contributed by atoms with Crippen LogP contribution < -0.4 is 5.56 Å². The maximum Gasteiger partial charge on any atom is 0.251 e. The van der Waals surface area contributed by atoms with Crippen LogP contribution in [0.5, 0.6) is 0 Å². The molecule has 0 radical (unpaired) electrons. The van der Waals surface area contributed by atoms with Crippen LogP contribution in [0.15, 0.2) is 53.7 Å². The first kappa shape index (κ1) is 18.5. The Morgan fingerprint density at radius 3 is 2.79 bits per heavy atom. The van der Waals surface area contributed by atoms with Crippen molar-refractivity contribution in [2.24, 2.45) is 0 Å². The van der Waals surface area contributed by atoms with E-state index in [1.54, 1.807) is 12.5 Å². The van der Waals surface area contributed by atoms with Crippen LogP contribution in [0.1, 0.15) is 35.9 Å². The van der Waals surface area contributed by atoms with E-state index in [4.69, 9.17) is 4.74 Å². The molecule has 1 fully saturated rings. The lowest BCUT2D eigenvalue weighted by molar-refractivity contribution is 0.108. The molecular weight excluding hydrogens is 354 g/mol. The van der Waals surface area contributed by atoms with Gasteiger partial charge in [-0.05, 0) is 31.5 Å². The Balaban J connectivity index is 1.46. The highest BCUT2D eigenvalue weighted by atomic mass is 16.5. The van der Waals surface area contributed by atoms with Gasteiger partial charge in [0.1, 0.15) is 12.2 Å². The molecule has 7 heteroatoms. The van der Waals surface area contributed by atoms with Crippen molar-refractivity contribution in [3.63, 3.8) is 0 Å². The Morgan fingerprint density at radius 1 is 1.21 bits per heavy atom. The highest BCUT2D eigenvalue weighted by molar-refractivity contribution is 5.55. The molecule has 3 heterocycles. The summed E-state index contributed by atoms with van der Waals surface area (Å²) in [6.07, 6.45) is 5.16. The van der Waals surface area contributed by atoms with Gasteiger partial charge in [0, 0.05) is 37.5 Å². The molecule has 7 nitrogen and oxygen atoms in total. The summed E-state index contributed by atoms with van der Waals surface area (Å²) in [6.45, 7) is 2.28. The Bertz CT molecular complexity index is 966. The summed E-state index contributed by atoms with van der Waals surface area (Å²) in [5, 5.41) is 0. The van der Waals surface area contributed by atoms with Gasteiger partial charge in [-0.3, -0.25) is 9.69 Å². The Hall–Kier alpha value is -2.90. The zero-order valence-electron chi connectivity index (χ0n) is 15.8. The Labute approximate surface area is 163 Å². The lowest BCUT2D eigenvalue weighted by Crippen LogP contribution is -2.18. The number of aromatic amines is 1. The fourth-order valence-corrected chi connectivity index (χ4v) is 3.41. The van der Waals surface area contributed by atoms with E-state index >= 15 is 0 Å². The van der Waals surface area contributed by atoms with Gasteiger partial charge in [-0.2, -0.15) is 0 Å². The van der Waals surface area contributed by atoms with Gasteiger partial charge in [-0.1, -0.05) is 24.3 Å². The van der Waals surface area contributed by atoms with Crippen LogP contribution in [0.2, 0.25) is 0 Å². The molecule has 2 aromatic heterocycles. The largest absolute Gasteiger partial charge is 0.372 e. The number of nitrogens with one attached hydrogen (secondary N) is 1. The molecular formula is C21H23N5O2. The van der Waals surface area contributed by atoms with Gasteiger partial charge in [0.25, 0.3) is 5.56 Å². The summed E-state index contributed by atoms with van der Waals surface area (Å²) in [5.74, 6) is 0.582. The molecule has 0 bridgehead atoms. The standard InChI is InChI=1S/C21H23N5O2/c1-26(13-17-8-9-22-14-23-17)12-15-4-6-16(7-5-15)21-24-18(11-20(27)25-21)19-3-2-10-28-19/h4-9,11,14,19H,2-3,10,12-13H2,1H3,(H,24,25,27). The third-order valence-electron chi connectivity index (χ3n) is 4.78. The second-order valence-electron chi connectivity index (χ2n) is 7.09. The average Bonchev–Trinajstić information content (AvgIpc) is 3.24. The van der Waals surface area contributed by atoms with Crippen LogP contribution in [0, 0.1) is 0 Å². The van der Waals surface area contributed by atoms with E-state index in [1.165, 1.54) is 11.6 Å². The minimum Gasteiger partial charge on any atom is -0.372 e. The maximum atomic E-state index is 12.1. The third kappa shape index (κ3) is 4.49. The maximum absolute atomic E-state index is 12.1. The van der Waals surface area contributed by atoms with Crippen molar-refractivity contribution in [2.45, 2.75) is 32.0 Å². The van der Waals surface area contributed by atoms with Crippen molar-refractivity contribution in [3.8, 4) is 11.4 Å². The summed E-state index contributed by atoms with van der Waals surface area (Å²) in [4.78, 5) is 29.9. The topological polar surface area (TPSA) is 84.0 Å². The quantitative estimate of drug-likeness (QED) is 0.711. The van der Waals surface area contributed by atoms with E-state index in [2.05, 4.69) is 44.0 Å². The first-order valence-electron chi connectivity index (χ1n) is 9.43. The summed E-state index contributed by atoms with van der Waals surface area (Å²) >= 11 is 0. The second-order valence-corrected chi connectivity index (χ2v) is 7.09. The second kappa shape index (κ2) is 8.41. The molecule has 1 aliphatic rings. The zero-order chi connectivity index (χ0) is 19.3. The SMILES string of the molecule is CN(Cc1ccc(-c2nc(C3CCCO3)cc(=O)[nH]2)cc1)Cc1ccncn1. The highest BCUT2D eigenvalue weighted by Crippen LogP contribution is 2.27. The Kier molecular flexibility index (Phi) is 5.55. The molecule has 0 amide bonds. The van der Waals surface area contributed by atoms with Crippen LogP contribution in [0.4, 0.5) is 0 Å². The van der Waals surface area contributed by atoms with Gasteiger partial charge in [-0.25, -0.2) is 15.0 Å². The van der Waals surface area contributed by atoms with Gasteiger partial charge in [0.15, 0.2) is 0 Å². The van der Waals surface area contributed by atoms with Gasteiger partial charge in [0.2, 0.25) is 0 Å². The van der Waals surface area contributed by atoms with E-state index in [0.29, 0.717) is 11.5 Å². The summed E-state index contributed by atoms with van der Waals surface area (Å²) in [5.41, 5.74) is 3.62. The van der Waals surface area contributed by atoms with Crippen LogP contribution in [-0.4, -0.2) is 38.5 Å². The zero-order valence-corrected chi connectivity index (χ0v) is 15.8. The lowest BCUT2D eigenvalue weighted by atomic mass is 10.1. The number of nitrogens with zero attached hydrogens (tertiary/aromatic N) is 4. The van der Waals surface area contributed by atoms with Crippen LogP contribution >= 0.6 is 0 Å². The molecule has 0 saturated carbocycles. The normalized spacial score (nSPS) is 16.6. The predicted molar refractivity (Wildman–Crippen MR) is 105 cm³/mol. The van der Waals surface area contributed by atoms with E-state index < -0.39 is 0 Å². The molecule has 0 aliphatic carbocycles. The van der Waals surface area contributed by atoms with Gasteiger partial charge in [-0.15, -0.1) is 0 Å². The lowest BCUT2D eigenvalue weighted by Gasteiger charge is -2.16. The molecule has 1 atom stereocenters. The summed E-state index contributed by atoms with van der Waals surface area (Å²) < 4.78 is 5.67. The molecule has 1 unspecified atom stereocenters. The van der Waals surface area contributed by atoms with E-state index in [9.17, 15) is 4.79 Å². The summed E-state index contributed by atoms with van der Waals surface area (Å²) in [7, 11) is 2.06. The smallest absolute Gasteiger partial charge is 0.251 e. The molecule has 1 aliphatic heterocycles. The molecule has 3 aromatic rings. The first-order valence-corrected chi connectivity index (χ1v) is 9.43. The van der Waals surface area contributed by atoms with Crippen LogP contribution in [0.25, 0.3) is 11.4 Å². The molecule has 1 saturated heterocycles. The predicted octanol–water partition coefficient (Wildman–Crippen LogP) is 2.71. The van der Waals surface area contributed by atoms with Crippen molar-refractivity contribution in [2.75, 3.05) is 13.7 Å². The molecule has 0 spiro atoms. The fraction of sp³-hybridized carbons (Fsp3) is 0.333. The van der Waals surface area contributed by atoms with E-state index in [1.807, 2.05) is 18.2 Å². The first-order chi connectivity index (χ1) is 13.7. The van der Waals surface area contributed by atoms with Gasteiger partial charge in [0.05, 0.1) is 17.5 Å². The number of benzene rings is 1. The minimum atomic E-state index is -0.149. The molecule has 4 rings (SSSR count). The number of H-pyrrole nitrogens is 1. The third-order valence-corrected chi connectivity index (χ3v) is 4.78. The van der Waals surface area contributed by atoms with Crippen LogP contribution in [0.3, 0.4) is 0 Å². The van der Waals surface area contributed by atoms with Crippen LogP contribution in [-0.2, 0) is 17.8 Å². The number of aromatic nitrogens is 4. The Morgan fingerprint density at radius 2 is 2.07 bits per heavy atom. The molecule has 1 aromatic carbocycles. The van der Waals surface area contributed by atoms with Crippen molar-refractivity contribution >= 4 is 0 Å². The highest BCUT2D eigenvalue weighted by Gasteiger charge is 2.20. The number of rotatable bonds is 6.